The zero-order valence-electron chi connectivity index (χ0n) is 18.4. The molecule has 0 unspecified atom stereocenters. The van der Waals surface area contributed by atoms with E-state index in [9.17, 15) is 13.7 Å². The lowest BCUT2D eigenvalue weighted by Crippen LogP contribution is -2.40. The number of nitrogens with one attached hydrogen (secondary N) is 2. The van der Waals surface area contributed by atoms with E-state index in [4.69, 9.17) is 4.74 Å². The molecule has 172 valence electrons. The van der Waals surface area contributed by atoms with Crippen molar-refractivity contribution >= 4 is 38.1 Å². The molecule has 0 spiro atoms. The summed E-state index contributed by atoms with van der Waals surface area (Å²) in [6, 6.07) is 7.22. The van der Waals surface area contributed by atoms with Crippen molar-refractivity contribution in [2.24, 2.45) is 0 Å². The molecule has 3 heterocycles. The average molecular weight is 486 g/mol. The van der Waals surface area contributed by atoms with E-state index >= 15 is 0 Å². The quantitative estimate of drug-likeness (QED) is 0.540. The Morgan fingerprint density at radius 3 is 2.64 bits per heavy atom. The summed E-state index contributed by atoms with van der Waals surface area (Å²) >= 11 is 1.39. The number of hydrogen-bond donors (Lipinski definition) is 2. The van der Waals surface area contributed by atoms with Crippen molar-refractivity contribution in [2.45, 2.75) is 18.7 Å². The highest BCUT2D eigenvalue weighted by Gasteiger charge is 2.28. The highest BCUT2D eigenvalue weighted by atomic mass is 32.2. The van der Waals surface area contributed by atoms with Crippen molar-refractivity contribution in [3.8, 4) is 16.6 Å². The van der Waals surface area contributed by atoms with Crippen molar-refractivity contribution in [1.29, 1.82) is 5.26 Å². The number of nitrogens with zero attached hydrogens (tertiary/aromatic N) is 5. The van der Waals surface area contributed by atoms with Crippen molar-refractivity contribution in [2.75, 3.05) is 44.0 Å². The van der Waals surface area contributed by atoms with Gasteiger partial charge in [-0.05, 0) is 31.5 Å². The molecule has 12 heteroatoms. The number of hydrogen-bond acceptors (Lipinski definition) is 10. The molecule has 1 aromatic carbocycles. The predicted molar refractivity (Wildman–Crippen MR) is 126 cm³/mol. The Kier molecular flexibility index (Phi) is 6.57. The highest BCUT2D eigenvalue weighted by molar-refractivity contribution is 7.89. The number of rotatable bonds is 6. The number of aryl methyl sites for hydroxylation is 2. The average Bonchev–Trinajstić information content (AvgIpc) is 3.21. The maximum atomic E-state index is 13.2. The number of aromatic nitrogens is 3. The van der Waals surface area contributed by atoms with Crippen LogP contribution in [0.3, 0.4) is 0 Å². The molecule has 3 aromatic rings. The second-order valence-electron chi connectivity index (χ2n) is 7.37. The molecule has 0 atom stereocenters. The zero-order valence-corrected chi connectivity index (χ0v) is 20.0. The number of benzene rings is 1. The summed E-state index contributed by atoms with van der Waals surface area (Å²) in [5, 5.41) is 16.3. The van der Waals surface area contributed by atoms with E-state index in [1.165, 1.54) is 21.8 Å². The molecule has 1 fully saturated rings. The van der Waals surface area contributed by atoms with E-state index < -0.39 is 10.0 Å². The molecule has 10 nitrogen and oxygen atoms in total. The lowest BCUT2D eigenvalue weighted by Gasteiger charge is -2.26. The van der Waals surface area contributed by atoms with Crippen molar-refractivity contribution in [3.63, 3.8) is 0 Å². The molecule has 1 aliphatic rings. The van der Waals surface area contributed by atoms with Crippen LogP contribution in [0.25, 0.3) is 10.6 Å². The molecule has 1 aliphatic heterocycles. The summed E-state index contributed by atoms with van der Waals surface area (Å²) in [6.45, 7) is 5.02. The van der Waals surface area contributed by atoms with Crippen LogP contribution in [0, 0.1) is 25.2 Å². The Labute approximate surface area is 196 Å². The van der Waals surface area contributed by atoms with E-state index in [0.29, 0.717) is 48.8 Å². The summed E-state index contributed by atoms with van der Waals surface area (Å²) in [4.78, 5) is 14.2. The third-order valence-corrected chi connectivity index (χ3v) is 8.39. The van der Waals surface area contributed by atoms with Gasteiger partial charge in [0.2, 0.25) is 16.0 Å². The maximum absolute atomic E-state index is 13.2. The summed E-state index contributed by atoms with van der Waals surface area (Å²) < 4.78 is 33.1. The van der Waals surface area contributed by atoms with Gasteiger partial charge in [0.15, 0.2) is 5.13 Å². The van der Waals surface area contributed by atoms with Crippen LogP contribution in [-0.4, -0.2) is 61.0 Å². The van der Waals surface area contributed by atoms with Gasteiger partial charge in [-0.15, -0.1) is 0 Å². The Bertz CT molecular complexity index is 1330. The number of thiazole rings is 1. The molecule has 0 saturated carbocycles. The first-order valence-corrected chi connectivity index (χ1v) is 12.5. The minimum absolute atomic E-state index is 0.222. The largest absolute Gasteiger partial charge is 0.379 e. The van der Waals surface area contributed by atoms with Gasteiger partial charge in [-0.25, -0.2) is 23.4 Å². The van der Waals surface area contributed by atoms with Gasteiger partial charge in [0.1, 0.15) is 11.8 Å². The lowest BCUT2D eigenvalue weighted by atomic mass is 10.2. The van der Waals surface area contributed by atoms with E-state index in [1.54, 1.807) is 32.2 Å². The maximum Gasteiger partial charge on any atom is 0.243 e. The van der Waals surface area contributed by atoms with Crippen LogP contribution < -0.4 is 10.6 Å². The van der Waals surface area contributed by atoms with Gasteiger partial charge < -0.3 is 15.4 Å². The number of nitriles is 1. The van der Waals surface area contributed by atoms with E-state index in [-0.39, 0.29) is 10.8 Å². The van der Waals surface area contributed by atoms with Crippen LogP contribution in [-0.2, 0) is 14.8 Å². The molecule has 0 radical (unpaired) electrons. The molecule has 0 aliphatic carbocycles. The molecule has 0 amide bonds. The topological polar surface area (TPSA) is 133 Å². The first kappa shape index (κ1) is 23.1. The monoisotopic (exact) mass is 485 g/mol. The van der Waals surface area contributed by atoms with E-state index in [0.717, 1.165) is 15.7 Å². The van der Waals surface area contributed by atoms with Crippen LogP contribution in [0.4, 0.5) is 16.8 Å². The standard InChI is InChI=1S/C21H23N7O3S2/c1-13-4-5-16(10-17(13)33(29,30)28-6-8-31-9-7-28)26-20-24-12-15(11-22)18(27-20)19-14(2)25-21(23-3)32-19/h4-5,10,12H,6-9H2,1-3H3,(H,23,25)(H,24,26,27). The molecule has 33 heavy (non-hydrogen) atoms. The van der Waals surface area contributed by atoms with Gasteiger partial charge in [0.05, 0.1) is 40.4 Å². The molecule has 4 rings (SSSR count). The van der Waals surface area contributed by atoms with Crippen LogP contribution in [0.2, 0.25) is 0 Å². The predicted octanol–water partition coefficient (Wildman–Crippen LogP) is 2.89. The minimum atomic E-state index is -3.66. The molecular weight excluding hydrogens is 462 g/mol. The minimum Gasteiger partial charge on any atom is -0.379 e. The summed E-state index contributed by atoms with van der Waals surface area (Å²) in [5.74, 6) is 0.251. The van der Waals surface area contributed by atoms with E-state index in [1.807, 2.05) is 6.92 Å². The van der Waals surface area contributed by atoms with Crippen molar-refractivity contribution < 1.29 is 13.2 Å². The van der Waals surface area contributed by atoms with Crippen molar-refractivity contribution in [1.82, 2.24) is 19.3 Å². The van der Waals surface area contributed by atoms with Gasteiger partial charge in [0, 0.05) is 25.8 Å². The third kappa shape index (κ3) is 4.67. The fourth-order valence-electron chi connectivity index (χ4n) is 3.43. The first-order valence-electron chi connectivity index (χ1n) is 10.2. The second kappa shape index (κ2) is 9.40. The van der Waals surface area contributed by atoms with Crippen LogP contribution >= 0.6 is 11.3 Å². The van der Waals surface area contributed by atoms with Gasteiger partial charge in [-0.3, -0.25) is 0 Å². The Hall–Kier alpha value is -3.11. The molecule has 2 aromatic heterocycles. The number of ether oxygens (including phenoxy) is 1. The molecular formula is C21H23N7O3S2. The van der Waals surface area contributed by atoms with Crippen molar-refractivity contribution in [3.05, 3.63) is 41.2 Å². The van der Waals surface area contributed by atoms with Crippen LogP contribution in [0.15, 0.2) is 29.3 Å². The fourth-order valence-corrected chi connectivity index (χ4v) is 6.01. The van der Waals surface area contributed by atoms with Gasteiger partial charge >= 0.3 is 0 Å². The third-order valence-electron chi connectivity index (χ3n) is 5.17. The normalized spacial score (nSPS) is 14.6. The fraction of sp³-hybridized carbons (Fsp3) is 0.333. The van der Waals surface area contributed by atoms with Gasteiger partial charge in [0.25, 0.3) is 0 Å². The SMILES string of the molecule is CNc1nc(C)c(-c2nc(Nc3ccc(C)c(S(=O)(=O)N4CCOCC4)c3)ncc2C#N)s1. The molecule has 1 saturated heterocycles. The van der Waals surface area contributed by atoms with Gasteiger partial charge in [-0.1, -0.05) is 17.4 Å². The Morgan fingerprint density at radius 2 is 1.97 bits per heavy atom. The zero-order chi connectivity index (χ0) is 23.6. The summed E-state index contributed by atoms with van der Waals surface area (Å²) in [6.07, 6.45) is 1.45. The van der Waals surface area contributed by atoms with Crippen LogP contribution in [0.5, 0.6) is 0 Å². The second-order valence-corrected chi connectivity index (χ2v) is 10.3. The van der Waals surface area contributed by atoms with Crippen LogP contribution in [0.1, 0.15) is 16.8 Å². The molecule has 0 bridgehead atoms. The lowest BCUT2D eigenvalue weighted by molar-refractivity contribution is 0.0730. The molecule has 2 N–H and O–H groups in total. The first-order chi connectivity index (χ1) is 15.8. The summed E-state index contributed by atoms with van der Waals surface area (Å²) in [7, 11) is -1.88. The summed E-state index contributed by atoms with van der Waals surface area (Å²) in [5.41, 5.74) is 2.72. The Morgan fingerprint density at radius 1 is 1.21 bits per heavy atom. The number of anilines is 3. The Balaban J connectivity index is 1.68. The smallest absolute Gasteiger partial charge is 0.243 e. The number of morpholine rings is 1. The van der Waals surface area contributed by atoms with E-state index in [2.05, 4.69) is 31.7 Å². The number of sulfonamides is 1. The van der Waals surface area contributed by atoms with Gasteiger partial charge in [-0.2, -0.15) is 9.57 Å². The highest BCUT2D eigenvalue weighted by Crippen LogP contribution is 2.34.